The number of hydrogen-bond donors (Lipinski definition) is 0. The Labute approximate surface area is 179 Å². The number of hydrogen-bond acceptors (Lipinski definition) is 5. The molecule has 0 aliphatic heterocycles. The van der Waals surface area contributed by atoms with Crippen molar-refractivity contribution in [2.24, 2.45) is 0 Å². The maximum absolute atomic E-state index is 12.7. The highest BCUT2D eigenvalue weighted by atomic mass is 35.5. The van der Waals surface area contributed by atoms with Gasteiger partial charge in [0.15, 0.2) is 5.78 Å². The number of rotatable bonds is 7. The van der Waals surface area contributed by atoms with Crippen molar-refractivity contribution in [2.45, 2.75) is 0 Å². The number of methoxy groups -OCH3 is 2. The third-order valence-corrected chi connectivity index (χ3v) is 4.51. The molecule has 0 radical (unpaired) electrons. The van der Waals surface area contributed by atoms with Crippen molar-refractivity contribution in [1.29, 1.82) is 0 Å². The molecule has 5 nitrogen and oxygen atoms in total. The number of esters is 1. The van der Waals surface area contributed by atoms with Crippen LogP contribution in [0, 0.1) is 0 Å². The second kappa shape index (κ2) is 9.76. The van der Waals surface area contributed by atoms with Crippen LogP contribution in [-0.2, 0) is 0 Å². The summed E-state index contributed by atoms with van der Waals surface area (Å²) in [5.74, 6) is 0.262. The van der Waals surface area contributed by atoms with Gasteiger partial charge < -0.3 is 14.2 Å². The molecule has 3 aromatic carbocycles. The van der Waals surface area contributed by atoms with Gasteiger partial charge in [0.25, 0.3) is 0 Å². The van der Waals surface area contributed by atoms with Crippen LogP contribution in [0.2, 0.25) is 5.02 Å². The van der Waals surface area contributed by atoms with E-state index in [1.54, 1.807) is 72.8 Å². The summed E-state index contributed by atoms with van der Waals surface area (Å²) in [5.41, 5.74) is 1.43. The fourth-order valence-electron chi connectivity index (χ4n) is 2.77. The zero-order valence-corrected chi connectivity index (χ0v) is 17.2. The number of carbonyl (C=O) groups excluding carboxylic acids is 2. The Morgan fingerprint density at radius 1 is 0.867 bits per heavy atom. The van der Waals surface area contributed by atoms with E-state index in [1.165, 1.54) is 20.3 Å². The van der Waals surface area contributed by atoms with E-state index in [1.807, 2.05) is 0 Å². The summed E-state index contributed by atoms with van der Waals surface area (Å²) in [7, 11) is 2.93. The standard InChI is InChI=1S/C24H19ClO5/c1-28-21-7-4-8-22(29-2)23(21)24(27)30-19-6-3-5-16(15-19)9-14-20(26)17-10-12-18(25)13-11-17/h3-15H,1-2H3/b14-9+. The highest BCUT2D eigenvalue weighted by molar-refractivity contribution is 6.30. The van der Waals surface area contributed by atoms with Crippen molar-refractivity contribution in [2.75, 3.05) is 14.2 Å². The van der Waals surface area contributed by atoms with Crippen molar-refractivity contribution in [3.8, 4) is 17.2 Å². The first-order valence-electron chi connectivity index (χ1n) is 9.03. The Balaban J connectivity index is 1.77. The van der Waals surface area contributed by atoms with Crippen LogP contribution in [0.25, 0.3) is 6.08 Å². The fourth-order valence-corrected chi connectivity index (χ4v) is 2.90. The molecule has 3 aromatic rings. The van der Waals surface area contributed by atoms with Crippen LogP contribution < -0.4 is 14.2 Å². The van der Waals surface area contributed by atoms with Gasteiger partial charge in [-0.25, -0.2) is 4.79 Å². The molecule has 0 spiro atoms. The van der Waals surface area contributed by atoms with Gasteiger partial charge in [-0.05, 0) is 60.2 Å². The molecule has 0 aliphatic rings. The van der Waals surface area contributed by atoms with E-state index in [4.69, 9.17) is 25.8 Å². The fraction of sp³-hybridized carbons (Fsp3) is 0.0833. The molecule has 3 rings (SSSR count). The summed E-state index contributed by atoms with van der Waals surface area (Å²) in [6.45, 7) is 0. The SMILES string of the molecule is COc1cccc(OC)c1C(=O)Oc1cccc(/C=C/C(=O)c2ccc(Cl)cc2)c1. The Hall–Kier alpha value is -3.57. The van der Waals surface area contributed by atoms with Crippen LogP contribution in [0.1, 0.15) is 26.3 Å². The van der Waals surface area contributed by atoms with Gasteiger partial charge in [0.1, 0.15) is 22.8 Å². The van der Waals surface area contributed by atoms with Crippen LogP contribution in [-0.4, -0.2) is 26.0 Å². The van der Waals surface area contributed by atoms with Gasteiger partial charge in [0.05, 0.1) is 14.2 Å². The molecule has 30 heavy (non-hydrogen) atoms. The first kappa shape index (κ1) is 21.1. The summed E-state index contributed by atoms with van der Waals surface area (Å²) < 4.78 is 16.0. The smallest absolute Gasteiger partial charge is 0.351 e. The second-order valence-electron chi connectivity index (χ2n) is 6.20. The molecule has 0 fully saturated rings. The summed E-state index contributed by atoms with van der Waals surface area (Å²) in [5, 5.41) is 0.566. The van der Waals surface area contributed by atoms with E-state index in [2.05, 4.69) is 0 Å². The molecule has 0 bridgehead atoms. The minimum Gasteiger partial charge on any atom is -0.496 e. The lowest BCUT2D eigenvalue weighted by Crippen LogP contribution is -2.12. The van der Waals surface area contributed by atoms with Gasteiger partial charge in [-0.2, -0.15) is 0 Å². The minimum absolute atomic E-state index is 0.159. The van der Waals surface area contributed by atoms with Gasteiger partial charge >= 0.3 is 5.97 Å². The van der Waals surface area contributed by atoms with Crippen LogP contribution in [0.4, 0.5) is 0 Å². The normalized spacial score (nSPS) is 10.6. The minimum atomic E-state index is -0.609. The number of benzene rings is 3. The van der Waals surface area contributed by atoms with E-state index in [-0.39, 0.29) is 11.3 Å². The van der Waals surface area contributed by atoms with E-state index in [0.29, 0.717) is 33.4 Å². The maximum Gasteiger partial charge on any atom is 0.351 e. The molecule has 152 valence electrons. The van der Waals surface area contributed by atoms with Gasteiger partial charge in [0, 0.05) is 10.6 Å². The average molecular weight is 423 g/mol. The number of carbonyl (C=O) groups is 2. The Kier molecular flexibility index (Phi) is 6.88. The summed E-state index contributed by atoms with van der Waals surface area (Å²) >= 11 is 5.84. The van der Waals surface area contributed by atoms with Crippen LogP contribution in [0.3, 0.4) is 0 Å². The molecule has 0 saturated heterocycles. The molecule has 0 aromatic heterocycles. The Morgan fingerprint density at radius 3 is 2.13 bits per heavy atom. The molecule has 0 saturated carbocycles. The first-order valence-corrected chi connectivity index (χ1v) is 9.41. The summed E-state index contributed by atoms with van der Waals surface area (Å²) in [4.78, 5) is 25.0. The zero-order chi connectivity index (χ0) is 21.5. The Bertz CT molecular complexity index is 1060. The van der Waals surface area contributed by atoms with Gasteiger partial charge in [-0.1, -0.05) is 35.9 Å². The summed E-state index contributed by atoms with van der Waals surface area (Å²) in [6.07, 6.45) is 3.10. The number of allylic oxidation sites excluding steroid dienone is 1. The maximum atomic E-state index is 12.7. The van der Waals surface area contributed by atoms with Crippen LogP contribution in [0.15, 0.2) is 72.8 Å². The zero-order valence-electron chi connectivity index (χ0n) is 16.4. The lowest BCUT2D eigenvalue weighted by atomic mass is 10.1. The lowest BCUT2D eigenvalue weighted by molar-refractivity contribution is 0.0727. The second-order valence-corrected chi connectivity index (χ2v) is 6.64. The average Bonchev–Trinajstić information content (AvgIpc) is 2.77. The lowest BCUT2D eigenvalue weighted by Gasteiger charge is -2.12. The highest BCUT2D eigenvalue weighted by Crippen LogP contribution is 2.29. The molecular formula is C24H19ClO5. The Morgan fingerprint density at radius 2 is 1.50 bits per heavy atom. The van der Waals surface area contributed by atoms with Crippen molar-refractivity contribution in [3.63, 3.8) is 0 Å². The third kappa shape index (κ3) is 5.07. The van der Waals surface area contributed by atoms with E-state index >= 15 is 0 Å². The topological polar surface area (TPSA) is 61.8 Å². The quantitative estimate of drug-likeness (QED) is 0.218. The van der Waals surface area contributed by atoms with Gasteiger partial charge in [-0.3, -0.25) is 4.79 Å². The van der Waals surface area contributed by atoms with Gasteiger partial charge in [0.2, 0.25) is 0 Å². The van der Waals surface area contributed by atoms with Crippen LogP contribution in [0.5, 0.6) is 17.2 Å². The molecule has 0 unspecified atom stereocenters. The highest BCUT2D eigenvalue weighted by Gasteiger charge is 2.20. The van der Waals surface area contributed by atoms with Crippen molar-refractivity contribution in [3.05, 3.63) is 94.5 Å². The predicted octanol–water partition coefficient (Wildman–Crippen LogP) is 5.47. The van der Waals surface area contributed by atoms with E-state index < -0.39 is 5.97 Å². The molecule has 6 heteroatoms. The molecule has 0 aliphatic carbocycles. The van der Waals surface area contributed by atoms with Crippen LogP contribution >= 0.6 is 11.6 Å². The molecule has 0 N–H and O–H groups in total. The molecule has 0 amide bonds. The van der Waals surface area contributed by atoms with Crippen molar-refractivity contribution in [1.82, 2.24) is 0 Å². The van der Waals surface area contributed by atoms with Crippen molar-refractivity contribution < 1.29 is 23.8 Å². The predicted molar refractivity (Wildman–Crippen MR) is 116 cm³/mol. The number of ketones is 1. The monoisotopic (exact) mass is 422 g/mol. The molecule has 0 heterocycles. The largest absolute Gasteiger partial charge is 0.496 e. The van der Waals surface area contributed by atoms with Gasteiger partial charge in [-0.15, -0.1) is 0 Å². The number of ether oxygens (including phenoxy) is 3. The molecule has 0 atom stereocenters. The first-order chi connectivity index (χ1) is 14.5. The number of halogens is 1. The molecular weight excluding hydrogens is 404 g/mol. The van der Waals surface area contributed by atoms with E-state index in [9.17, 15) is 9.59 Å². The van der Waals surface area contributed by atoms with E-state index in [0.717, 1.165) is 0 Å². The summed E-state index contributed by atoms with van der Waals surface area (Å²) in [6, 6.07) is 18.5. The van der Waals surface area contributed by atoms with Crippen molar-refractivity contribution >= 4 is 29.4 Å². The third-order valence-electron chi connectivity index (χ3n) is 4.26.